The second kappa shape index (κ2) is 14.5. The molecule has 0 saturated heterocycles. The Labute approximate surface area is 237 Å². The summed E-state index contributed by atoms with van der Waals surface area (Å²) in [5.74, 6) is 0.352. The lowest BCUT2D eigenvalue weighted by molar-refractivity contribution is -0.124. The van der Waals surface area contributed by atoms with Gasteiger partial charge < -0.3 is 25.2 Å². The number of amides is 2. The Hall–Kier alpha value is -3.84. The Kier molecular flexibility index (Phi) is 11.1. The predicted octanol–water partition coefficient (Wildman–Crippen LogP) is 5.30. The molecule has 7 heteroatoms. The van der Waals surface area contributed by atoms with Gasteiger partial charge in [-0.25, -0.2) is 4.79 Å². The van der Waals surface area contributed by atoms with Gasteiger partial charge in [0.05, 0.1) is 12.1 Å². The minimum atomic E-state index is -0.951. The van der Waals surface area contributed by atoms with Gasteiger partial charge in [-0.3, -0.25) is 4.79 Å². The first-order chi connectivity index (χ1) is 19.0. The molecule has 3 N–H and O–H groups in total. The molecule has 214 valence electrons. The van der Waals surface area contributed by atoms with Crippen molar-refractivity contribution in [3.05, 3.63) is 101 Å². The Morgan fingerprint density at radius 1 is 0.800 bits per heavy atom. The minimum Gasteiger partial charge on any atom is -0.483 e. The summed E-state index contributed by atoms with van der Waals surface area (Å²) in [6.07, 6.45) is -0.372. The molecule has 0 bridgehead atoms. The highest BCUT2D eigenvalue weighted by Crippen LogP contribution is 2.22. The molecule has 0 spiro atoms. The molecule has 0 saturated carbocycles. The number of hydrogen-bond acceptors (Lipinski definition) is 5. The van der Waals surface area contributed by atoms with Gasteiger partial charge in [-0.15, -0.1) is 0 Å². The normalized spacial score (nSPS) is 13.6. The molecule has 0 aliphatic heterocycles. The lowest BCUT2D eigenvalue weighted by atomic mass is 9.93. The van der Waals surface area contributed by atoms with Crippen LogP contribution in [0.4, 0.5) is 4.79 Å². The highest BCUT2D eigenvalue weighted by Gasteiger charge is 2.28. The van der Waals surface area contributed by atoms with Crippen molar-refractivity contribution in [1.29, 1.82) is 0 Å². The first kappa shape index (κ1) is 30.7. The first-order valence-electron chi connectivity index (χ1n) is 13.7. The van der Waals surface area contributed by atoms with Crippen molar-refractivity contribution in [3.63, 3.8) is 0 Å². The Balaban J connectivity index is 1.74. The van der Waals surface area contributed by atoms with E-state index in [9.17, 15) is 14.7 Å². The third-order valence-electron chi connectivity index (χ3n) is 6.44. The summed E-state index contributed by atoms with van der Waals surface area (Å²) in [7, 11) is 0. The number of rotatable bonds is 12. The molecule has 3 aromatic carbocycles. The lowest BCUT2D eigenvalue weighted by Gasteiger charge is -2.29. The maximum absolute atomic E-state index is 13.0. The zero-order chi connectivity index (χ0) is 29.1. The molecule has 2 amide bonds. The number of benzene rings is 3. The highest BCUT2D eigenvalue weighted by atomic mass is 16.6. The molecule has 0 aliphatic carbocycles. The summed E-state index contributed by atoms with van der Waals surface area (Å²) in [6.45, 7) is 9.12. The monoisotopic (exact) mass is 546 g/mol. The molecule has 7 nitrogen and oxygen atoms in total. The van der Waals surface area contributed by atoms with E-state index in [0.717, 1.165) is 22.3 Å². The topological polar surface area (TPSA) is 96.9 Å². The zero-order valence-electron chi connectivity index (χ0n) is 24.1. The number of ether oxygens (including phenoxy) is 2. The van der Waals surface area contributed by atoms with Crippen LogP contribution in [0.1, 0.15) is 49.4 Å². The standard InChI is InChI=1S/C33H42N2O5/c1-23-13-12-14-24(2)31(23)39-22-30(37)35-28(20-26-17-10-7-11-18-26)29(36)21-27(19-25-15-8-6-9-16-25)34-32(38)40-33(3,4)5/h6-18,27-29,36H,19-22H2,1-5H3,(H,34,38)(H,35,37)/t27-,28?,29?/m0/s1. The molecule has 0 fully saturated rings. The second-order valence-corrected chi connectivity index (χ2v) is 11.2. The van der Waals surface area contributed by atoms with E-state index in [1.165, 1.54) is 0 Å². The van der Waals surface area contributed by atoms with Crippen LogP contribution in [0.25, 0.3) is 0 Å². The van der Waals surface area contributed by atoms with Crippen molar-refractivity contribution in [1.82, 2.24) is 10.6 Å². The summed E-state index contributed by atoms with van der Waals surface area (Å²) in [4.78, 5) is 25.7. The Morgan fingerprint density at radius 2 is 1.35 bits per heavy atom. The van der Waals surface area contributed by atoms with E-state index in [0.29, 0.717) is 18.6 Å². The number of hydrogen-bond donors (Lipinski definition) is 3. The maximum Gasteiger partial charge on any atom is 0.407 e. The van der Waals surface area contributed by atoms with Gasteiger partial charge in [-0.1, -0.05) is 78.9 Å². The fraction of sp³-hybridized carbons (Fsp3) is 0.394. The number of carbonyl (C=O) groups is 2. The van der Waals surface area contributed by atoms with E-state index in [1.54, 1.807) is 20.8 Å². The number of alkyl carbamates (subject to hydrolysis) is 1. The highest BCUT2D eigenvalue weighted by molar-refractivity contribution is 5.78. The maximum atomic E-state index is 13.0. The van der Waals surface area contributed by atoms with Crippen molar-refractivity contribution in [2.75, 3.05) is 6.61 Å². The van der Waals surface area contributed by atoms with Gasteiger partial charge in [0.15, 0.2) is 6.61 Å². The fourth-order valence-corrected chi connectivity index (χ4v) is 4.59. The summed E-state index contributed by atoms with van der Waals surface area (Å²) >= 11 is 0. The van der Waals surface area contributed by atoms with Crippen LogP contribution >= 0.6 is 0 Å². The molecular formula is C33H42N2O5. The van der Waals surface area contributed by atoms with Crippen molar-refractivity contribution >= 4 is 12.0 Å². The average Bonchev–Trinajstić information content (AvgIpc) is 2.88. The van der Waals surface area contributed by atoms with Crippen LogP contribution in [0.5, 0.6) is 5.75 Å². The van der Waals surface area contributed by atoms with Crippen LogP contribution < -0.4 is 15.4 Å². The molecule has 3 rings (SSSR count). The SMILES string of the molecule is Cc1cccc(C)c1OCC(=O)NC(Cc1ccccc1)C(O)C[C@H](Cc1ccccc1)NC(=O)OC(C)(C)C. The quantitative estimate of drug-likeness (QED) is 0.287. The molecule has 2 unspecified atom stereocenters. The first-order valence-corrected chi connectivity index (χ1v) is 13.7. The molecular weight excluding hydrogens is 504 g/mol. The number of aryl methyl sites for hydroxylation is 2. The van der Waals surface area contributed by atoms with Crippen LogP contribution in [0, 0.1) is 13.8 Å². The number of carbonyl (C=O) groups excluding carboxylic acids is 2. The van der Waals surface area contributed by atoms with E-state index in [2.05, 4.69) is 10.6 Å². The third kappa shape index (κ3) is 10.4. The molecule has 0 aliphatic rings. The summed E-state index contributed by atoms with van der Waals surface area (Å²) in [6, 6.07) is 24.2. The van der Waals surface area contributed by atoms with Gasteiger partial charge in [0.1, 0.15) is 11.4 Å². The largest absolute Gasteiger partial charge is 0.483 e. The fourth-order valence-electron chi connectivity index (χ4n) is 4.59. The Bertz CT molecular complexity index is 1200. The van der Waals surface area contributed by atoms with Crippen molar-refractivity contribution in [2.24, 2.45) is 0 Å². The molecule has 0 aromatic heterocycles. The average molecular weight is 547 g/mol. The molecule has 3 atom stereocenters. The summed E-state index contributed by atoms with van der Waals surface area (Å²) in [5, 5.41) is 17.3. The molecule has 3 aromatic rings. The number of para-hydroxylation sites is 1. The van der Waals surface area contributed by atoms with Gasteiger partial charge in [0, 0.05) is 6.04 Å². The van der Waals surface area contributed by atoms with E-state index >= 15 is 0 Å². The second-order valence-electron chi connectivity index (χ2n) is 11.2. The zero-order valence-corrected chi connectivity index (χ0v) is 24.1. The lowest BCUT2D eigenvalue weighted by Crippen LogP contribution is -2.50. The van der Waals surface area contributed by atoms with Crippen LogP contribution in [0.3, 0.4) is 0 Å². The van der Waals surface area contributed by atoms with Gasteiger partial charge in [0.25, 0.3) is 5.91 Å². The Morgan fingerprint density at radius 3 is 1.90 bits per heavy atom. The number of aliphatic hydroxyl groups is 1. The van der Waals surface area contributed by atoms with Crippen LogP contribution in [-0.4, -0.2) is 47.5 Å². The van der Waals surface area contributed by atoms with E-state index < -0.39 is 29.9 Å². The summed E-state index contributed by atoms with van der Waals surface area (Å²) < 4.78 is 11.3. The van der Waals surface area contributed by atoms with Crippen LogP contribution in [-0.2, 0) is 22.4 Å². The van der Waals surface area contributed by atoms with Crippen molar-refractivity contribution < 1.29 is 24.2 Å². The predicted molar refractivity (Wildman–Crippen MR) is 157 cm³/mol. The smallest absolute Gasteiger partial charge is 0.407 e. The van der Waals surface area contributed by atoms with Crippen LogP contribution in [0.15, 0.2) is 78.9 Å². The van der Waals surface area contributed by atoms with Gasteiger partial charge >= 0.3 is 6.09 Å². The molecule has 0 heterocycles. The minimum absolute atomic E-state index is 0.173. The van der Waals surface area contributed by atoms with Crippen molar-refractivity contribution in [2.45, 2.75) is 77.7 Å². The van der Waals surface area contributed by atoms with E-state index in [-0.39, 0.29) is 18.9 Å². The summed E-state index contributed by atoms with van der Waals surface area (Å²) in [5.41, 5.74) is 3.24. The van der Waals surface area contributed by atoms with Crippen molar-refractivity contribution in [3.8, 4) is 5.75 Å². The van der Waals surface area contributed by atoms with E-state index in [4.69, 9.17) is 9.47 Å². The van der Waals surface area contributed by atoms with Gasteiger partial charge in [0.2, 0.25) is 0 Å². The van der Waals surface area contributed by atoms with Gasteiger partial charge in [-0.05, 0) is 76.1 Å². The number of nitrogens with one attached hydrogen (secondary N) is 2. The van der Waals surface area contributed by atoms with E-state index in [1.807, 2.05) is 92.7 Å². The third-order valence-corrected chi connectivity index (χ3v) is 6.44. The molecule has 0 radical (unpaired) electrons. The van der Waals surface area contributed by atoms with Gasteiger partial charge in [-0.2, -0.15) is 0 Å². The number of aliphatic hydroxyl groups excluding tert-OH is 1. The van der Waals surface area contributed by atoms with Crippen LogP contribution in [0.2, 0.25) is 0 Å². The molecule has 40 heavy (non-hydrogen) atoms.